The van der Waals surface area contributed by atoms with E-state index in [1.54, 1.807) is 29.1 Å². The Morgan fingerprint density at radius 1 is 1.30 bits per heavy atom. The quantitative estimate of drug-likeness (QED) is 0.841. The predicted molar refractivity (Wildman–Crippen MR) is 79.6 cm³/mol. The highest BCUT2D eigenvalue weighted by atomic mass is 16.7. The number of rotatable bonds is 6. The van der Waals surface area contributed by atoms with Crippen molar-refractivity contribution in [2.45, 2.75) is 19.4 Å². The van der Waals surface area contributed by atoms with Gasteiger partial charge < -0.3 is 19.9 Å². The first-order valence-corrected chi connectivity index (χ1v) is 7.07. The van der Waals surface area contributed by atoms with E-state index < -0.39 is 5.97 Å². The van der Waals surface area contributed by atoms with Crippen molar-refractivity contribution in [3.8, 4) is 11.5 Å². The van der Waals surface area contributed by atoms with E-state index in [-0.39, 0.29) is 19.1 Å². The maximum atomic E-state index is 12.2. The van der Waals surface area contributed by atoms with E-state index >= 15 is 0 Å². The van der Waals surface area contributed by atoms with Gasteiger partial charge in [-0.3, -0.25) is 14.3 Å². The third kappa shape index (κ3) is 3.60. The van der Waals surface area contributed by atoms with Crippen LogP contribution in [0.25, 0.3) is 0 Å². The summed E-state index contributed by atoms with van der Waals surface area (Å²) in [6.45, 7) is 0.635. The van der Waals surface area contributed by atoms with E-state index in [9.17, 15) is 9.59 Å². The monoisotopic (exact) mass is 317 g/mol. The second-order valence-electron chi connectivity index (χ2n) is 5.01. The van der Waals surface area contributed by atoms with Gasteiger partial charge in [0.1, 0.15) is 0 Å². The second-order valence-corrected chi connectivity index (χ2v) is 5.01. The molecule has 1 aromatic heterocycles. The zero-order chi connectivity index (χ0) is 16.2. The lowest BCUT2D eigenvalue weighted by atomic mass is 10.2. The summed E-state index contributed by atoms with van der Waals surface area (Å²) in [4.78, 5) is 22.7. The van der Waals surface area contributed by atoms with Crippen LogP contribution in [-0.4, -0.2) is 33.6 Å². The van der Waals surface area contributed by atoms with Gasteiger partial charge in [-0.15, -0.1) is 0 Å². The molecule has 0 fully saturated rings. The highest BCUT2D eigenvalue weighted by molar-refractivity contribution is 6.04. The molecule has 1 aliphatic rings. The normalized spacial score (nSPS) is 12.2. The molecule has 0 atom stereocenters. The van der Waals surface area contributed by atoms with E-state index in [1.807, 2.05) is 0 Å². The predicted octanol–water partition coefficient (Wildman–Crippen LogP) is 1.73. The van der Waals surface area contributed by atoms with Crippen LogP contribution in [0, 0.1) is 0 Å². The number of aryl methyl sites for hydroxylation is 1. The molecule has 23 heavy (non-hydrogen) atoms. The number of ether oxygens (including phenoxy) is 2. The lowest BCUT2D eigenvalue weighted by Gasteiger charge is -2.03. The van der Waals surface area contributed by atoms with Crippen LogP contribution in [0.5, 0.6) is 11.5 Å². The third-order valence-corrected chi connectivity index (χ3v) is 3.30. The number of aliphatic carboxylic acids is 1. The van der Waals surface area contributed by atoms with Gasteiger partial charge in [-0.2, -0.15) is 5.10 Å². The number of carbonyl (C=O) groups excluding carboxylic acids is 1. The largest absolute Gasteiger partial charge is 0.481 e. The maximum absolute atomic E-state index is 12.2. The van der Waals surface area contributed by atoms with Gasteiger partial charge in [0.25, 0.3) is 5.91 Å². The van der Waals surface area contributed by atoms with Gasteiger partial charge in [-0.1, -0.05) is 0 Å². The molecule has 0 bridgehead atoms. The minimum atomic E-state index is -0.839. The molecule has 2 heterocycles. The Labute approximate surface area is 131 Å². The van der Waals surface area contributed by atoms with Crippen LogP contribution in [0.3, 0.4) is 0 Å². The SMILES string of the molecule is O=C(O)CCCn1cc(NC(=O)c2ccc3c(c2)OCO3)cn1. The Hall–Kier alpha value is -3.03. The standard InChI is InChI=1S/C15H15N3O5/c19-14(20)2-1-5-18-8-11(7-16-18)17-15(21)10-3-4-12-13(6-10)23-9-22-12/h3-4,6-8H,1-2,5,9H2,(H,17,21)(H,19,20). The Bertz CT molecular complexity index is 740. The zero-order valence-electron chi connectivity index (χ0n) is 12.2. The summed E-state index contributed by atoms with van der Waals surface area (Å²) >= 11 is 0. The van der Waals surface area contributed by atoms with Crippen molar-refractivity contribution in [1.82, 2.24) is 9.78 Å². The van der Waals surface area contributed by atoms with Crippen LogP contribution in [0.2, 0.25) is 0 Å². The van der Waals surface area contributed by atoms with Crippen molar-refractivity contribution in [1.29, 1.82) is 0 Å². The number of benzene rings is 1. The molecular weight excluding hydrogens is 302 g/mol. The number of carbonyl (C=O) groups is 2. The average molecular weight is 317 g/mol. The van der Waals surface area contributed by atoms with E-state index in [2.05, 4.69) is 10.4 Å². The van der Waals surface area contributed by atoms with E-state index in [0.29, 0.717) is 35.7 Å². The zero-order valence-corrected chi connectivity index (χ0v) is 12.2. The van der Waals surface area contributed by atoms with Crippen LogP contribution in [0.1, 0.15) is 23.2 Å². The first kappa shape index (κ1) is 14.9. The summed E-state index contributed by atoms with van der Waals surface area (Å²) < 4.78 is 12.0. The lowest BCUT2D eigenvalue weighted by molar-refractivity contribution is -0.137. The number of carboxylic acids is 1. The van der Waals surface area contributed by atoms with Gasteiger partial charge in [0.2, 0.25) is 6.79 Å². The Morgan fingerprint density at radius 2 is 2.13 bits per heavy atom. The molecule has 1 aromatic carbocycles. The smallest absolute Gasteiger partial charge is 0.303 e. The molecule has 0 spiro atoms. The average Bonchev–Trinajstić information content (AvgIpc) is 3.15. The van der Waals surface area contributed by atoms with Gasteiger partial charge in [0.15, 0.2) is 11.5 Å². The maximum Gasteiger partial charge on any atom is 0.303 e. The number of fused-ring (bicyclic) bond motifs is 1. The van der Waals surface area contributed by atoms with Gasteiger partial charge in [0.05, 0.1) is 11.9 Å². The summed E-state index contributed by atoms with van der Waals surface area (Å²) in [6, 6.07) is 4.96. The fourth-order valence-corrected chi connectivity index (χ4v) is 2.18. The highest BCUT2D eigenvalue weighted by Gasteiger charge is 2.16. The third-order valence-electron chi connectivity index (χ3n) is 3.30. The van der Waals surface area contributed by atoms with Gasteiger partial charge in [-0.25, -0.2) is 0 Å². The number of aromatic nitrogens is 2. The number of hydrogen-bond donors (Lipinski definition) is 2. The Balaban J connectivity index is 1.59. The summed E-state index contributed by atoms with van der Waals surface area (Å²) in [5.41, 5.74) is 0.996. The second kappa shape index (κ2) is 6.39. The van der Waals surface area contributed by atoms with Crippen molar-refractivity contribution in [2.24, 2.45) is 0 Å². The highest BCUT2D eigenvalue weighted by Crippen LogP contribution is 2.32. The fourth-order valence-electron chi connectivity index (χ4n) is 2.18. The van der Waals surface area contributed by atoms with Crippen molar-refractivity contribution >= 4 is 17.6 Å². The Morgan fingerprint density at radius 3 is 2.96 bits per heavy atom. The molecule has 8 nitrogen and oxygen atoms in total. The van der Waals surface area contributed by atoms with Gasteiger partial charge in [-0.05, 0) is 24.6 Å². The molecule has 3 rings (SSSR count). The molecular formula is C15H15N3O5. The molecule has 0 saturated carbocycles. The number of amides is 1. The van der Waals surface area contributed by atoms with Gasteiger partial charge >= 0.3 is 5.97 Å². The number of hydrogen-bond acceptors (Lipinski definition) is 5. The first-order valence-electron chi connectivity index (χ1n) is 7.07. The van der Waals surface area contributed by atoms with Crippen LogP contribution in [0.4, 0.5) is 5.69 Å². The number of nitrogens with one attached hydrogen (secondary N) is 1. The minimum absolute atomic E-state index is 0.0821. The summed E-state index contributed by atoms with van der Waals surface area (Å²) in [5.74, 6) is 0.0386. The van der Waals surface area contributed by atoms with Crippen LogP contribution in [-0.2, 0) is 11.3 Å². The molecule has 120 valence electrons. The van der Waals surface area contributed by atoms with E-state index in [4.69, 9.17) is 14.6 Å². The van der Waals surface area contributed by atoms with Crippen LogP contribution < -0.4 is 14.8 Å². The lowest BCUT2D eigenvalue weighted by Crippen LogP contribution is -2.11. The summed E-state index contributed by atoms with van der Waals surface area (Å²) in [5, 5.41) is 15.4. The topological polar surface area (TPSA) is 103 Å². The number of carboxylic acid groups (broad SMARTS) is 1. The van der Waals surface area contributed by atoms with Crippen molar-refractivity contribution in [2.75, 3.05) is 12.1 Å². The molecule has 0 radical (unpaired) electrons. The number of nitrogens with zero attached hydrogens (tertiary/aromatic N) is 2. The number of anilines is 1. The van der Waals surface area contributed by atoms with Crippen LogP contribution in [0.15, 0.2) is 30.6 Å². The molecule has 1 amide bonds. The molecule has 0 unspecified atom stereocenters. The van der Waals surface area contributed by atoms with Crippen molar-refractivity contribution in [3.63, 3.8) is 0 Å². The molecule has 1 aliphatic heterocycles. The van der Waals surface area contributed by atoms with E-state index in [0.717, 1.165) is 0 Å². The van der Waals surface area contributed by atoms with Crippen molar-refractivity contribution < 1.29 is 24.2 Å². The summed E-state index contributed by atoms with van der Waals surface area (Å²) in [6.07, 6.45) is 3.74. The molecule has 2 aromatic rings. The fraction of sp³-hybridized carbons (Fsp3) is 0.267. The molecule has 0 aliphatic carbocycles. The van der Waals surface area contributed by atoms with Gasteiger partial charge in [0, 0.05) is 24.7 Å². The molecule has 2 N–H and O–H groups in total. The Kier molecular flexibility index (Phi) is 4.13. The van der Waals surface area contributed by atoms with Crippen LogP contribution >= 0.6 is 0 Å². The summed E-state index contributed by atoms with van der Waals surface area (Å²) in [7, 11) is 0. The minimum Gasteiger partial charge on any atom is -0.481 e. The molecule has 0 saturated heterocycles. The van der Waals surface area contributed by atoms with Crippen molar-refractivity contribution in [3.05, 3.63) is 36.2 Å². The molecule has 8 heteroatoms. The van der Waals surface area contributed by atoms with E-state index in [1.165, 1.54) is 6.20 Å². The first-order chi connectivity index (χ1) is 11.1.